The van der Waals surface area contributed by atoms with E-state index in [0.29, 0.717) is 5.02 Å². The summed E-state index contributed by atoms with van der Waals surface area (Å²) in [6.07, 6.45) is 0.913. The van der Waals surface area contributed by atoms with Crippen molar-refractivity contribution in [3.8, 4) is 5.75 Å². The summed E-state index contributed by atoms with van der Waals surface area (Å²) < 4.78 is 15.1. The number of methoxy groups -OCH3 is 1. The van der Waals surface area contributed by atoms with Crippen LogP contribution in [0.3, 0.4) is 0 Å². The van der Waals surface area contributed by atoms with Crippen molar-refractivity contribution in [2.75, 3.05) is 7.11 Å². The highest BCUT2D eigenvalue weighted by atomic mass is 35.5. The quantitative estimate of drug-likeness (QED) is 0.507. The van der Waals surface area contributed by atoms with E-state index in [1.807, 2.05) is 0 Å². The van der Waals surface area contributed by atoms with E-state index in [2.05, 4.69) is 4.74 Å². The Bertz CT molecular complexity index is 601. The summed E-state index contributed by atoms with van der Waals surface area (Å²) >= 11 is 5.87. The SMILES string of the molecule is COC=C(Oc1ccc(Cl)cc1C(=O)OC(C)(C)C)C(=O)O. The maximum atomic E-state index is 12.2. The van der Waals surface area contributed by atoms with E-state index in [4.69, 9.17) is 26.2 Å². The molecule has 0 atom stereocenters. The van der Waals surface area contributed by atoms with E-state index >= 15 is 0 Å². The Morgan fingerprint density at radius 1 is 1.27 bits per heavy atom. The van der Waals surface area contributed by atoms with E-state index in [0.717, 1.165) is 6.26 Å². The molecule has 1 N–H and O–H groups in total. The summed E-state index contributed by atoms with van der Waals surface area (Å²) in [5.74, 6) is -2.49. The molecule has 0 saturated heterocycles. The van der Waals surface area contributed by atoms with Crippen LogP contribution in [0.2, 0.25) is 5.02 Å². The van der Waals surface area contributed by atoms with Crippen molar-refractivity contribution < 1.29 is 28.9 Å². The topological polar surface area (TPSA) is 82.1 Å². The van der Waals surface area contributed by atoms with Crippen LogP contribution in [0.1, 0.15) is 31.1 Å². The molecule has 0 fully saturated rings. The first kappa shape index (κ1) is 17.8. The molecular weight excluding hydrogens is 312 g/mol. The molecule has 0 radical (unpaired) electrons. The fourth-order valence-electron chi connectivity index (χ4n) is 1.43. The van der Waals surface area contributed by atoms with Crippen molar-refractivity contribution in [1.82, 2.24) is 0 Å². The van der Waals surface area contributed by atoms with Crippen molar-refractivity contribution in [2.24, 2.45) is 0 Å². The molecule has 120 valence electrons. The summed E-state index contributed by atoms with van der Waals surface area (Å²) in [7, 11) is 1.28. The maximum absolute atomic E-state index is 12.2. The van der Waals surface area contributed by atoms with Crippen LogP contribution in [-0.4, -0.2) is 29.8 Å². The largest absolute Gasteiger partial charge is 0.500 e. The number of aliphatic carboxylic acids is 1. The monoisotopic (exact) mass is 328 g/mol. The lowest BCUT2D eigenvalue weighted by Crippen LogP contribution is -2.24. The zero-order chi connectivity index (χ0) is 16.9. The minimum Gasteiger partial charge on any atom is -0.500 e. The van der Waals surface area contributed by atoms with E-state index in [1.54, 1.807) is 20.8 Å². The lowest BCUT2D eigenvalue weighted by atomic mass is 10.1. The number of carboxylic acids is 1. The molecule has 0 unspecified atom stereocenters. The molecule has 0 spiro atoms. The van der Waals surface area contributed by atoms with E-state index in [9.17, 15) is 9.59 Å². The Morgan fingerprint density at radius 2 is 1.91 bits per heavy atom. The first-order chi connectivity index (χ1) is 10.1. The number of halogens is 1. The van der Waals surface area contributed by atoms with Crippen molar-refractivity contribution in [3.63, 3.8) is 0 Å². The number of hydrogen-bond donors (Lipinski definition) is 1. The smallest absolute Gasteiger partial charge is 0.375 e. The number of carboxylic acid groups (broad SMARTS) is 1. The van der Waals surface area contributed by atoms with E-state index in [-0.39, 0.29) is 11.3 Å². The average Bonchev–Trinajstić information content (AvgIpc) is 2.37. The summed E-state index contributed by atoms with van der Waals surface area (Å²) in [5.41, 5.74) is -0.694. The molecule has 0 bridgehead atoms. The van der Waals surface area contributed by atoms with Crippen LogP contribution in [0.5, 0.6) is 5.75 Å². The van der Waals surface area contributed by atoms with Crippen LogP contribution in [-0.2, 0) is 14.3 Å². The first-order valence-corrected chi connectivity index (χ1v) is 6.69. The number of hydrogen-bond acceptors (Lipinski definition) is 5. The molecule has 7 heteroatoms. The minimum absolute atomic E-state index is 0.00403. The van der Waals surface area contributed by atoms with Gasteiger partial charge in [-0.2, -0.15) is 0 Å². The fourth-order valence-corrected chi connectivity index (χ4v) is 1.60. The van der Waals surface area contributed by atoms with Gasteiger partial charge in [0.25, 0.3) is 0 Å². The van der Waals surface area contributed by atoms with E-state index < -0.39 is 23.3 Å². The van der Waals surface area contributed by atoms with Gasteiger partial charge in [-0.3, -0.25) is 0 Å². The molecule has 1 aromatic carbocycles. The summed E-state index contributed by atoms with van der Waals surface area (Å²) in [6, 6.07) is 4.20. The molecule has 0 aliphatic heterocycles. The molecule has 0 aliphatic carbocycles. The molecule has 0 aromatic heterocycles. The van der Waals surface area contributed by atoms with Crippen molar-refractivity contribution >= 4 is 23.5 Å². The molecule has 0 aliphatic rings. The lowest BCUT2D eigenvalue weighted by Gasteiger charge is -2.20. The third kappa shape index (κ3) is 5.29. The summed E-state index contributed by atoms with van der Waals surface area (Å²) in [6.45, 7) is 5.14. The fraction of sp³-hybridized carbons (Fsp3) is 0.333. The van der Waals surface area contributed by atoms with Crippen molar-refractivity contribution in [3.05, 3.63) is 40.8 Å². The Kier molecular flexibility index (Phi) is 5.82. The van der Waals surface area contributed by atoms with Gasteiger partial charge in [-0.05, 0) is 39.0 Å². The van der Waals surface area contributed by atoms with Gasteiger partial charge in [0.15, 0.2) is 0 Å². The zero-order valence-electron chi connectivity index (χ0n) is 12.7. The van der Waals surface area contributed by atoms with E-state index in [1.165, 1.54) is 25.3 Å². The number of esters is 1. The van der Waals surface area contributed by atoms with Gasteiger partial charge in [-0.1, -0.05) is 11.6 Å². The van der Waals surface area contributed by atoms with Crippen LogP contribution >= 0.6 is 11.6 Å². The number of benzene rings is 1. The Hall–Kier alpha value is -2.21. The molecule has 0 heterocycles. The Balaban J connectivity index is 3.18. The van der Waals surface area contributed by atoms with Crippen molar-refractivity contribution in [2.45, 2.75) is 26.4 Å². The number of rotatable bonds is 5. The van der Waals surface area contributed by atoms with Crippen molar-refractivity contribution in [1.29, 1.82) is 0 Å². The van der Waals surface area contributed by atoms with Gasteiger partial charge in [-0.15, -0.1) is 0 Å². The molecule has 1 aromatic rings. The summed E-state index contributed by atoms with van der Waals surface area (Å²) in [5, 5.41) is 9.31. The second-order valence-electron chi connectivity index (χ2n) is 5.27. The van der Waals surface area contributed by atoms with Gasteiger partial charge in [0, 0.05) is 5.02 Å². The molecule has 0 saturated carbocycles. The highest BCUT2D eigenvalue weighted by Crippen LogP contribution is 2.27. The average molecular weight is 329 g/mol. The minimum atomic E-state index is -1.34. The molecule has 6 nitrogen and oxygen atoms in total. The molecule has 1 rings (SSSR count). The Morgan fingerprint density at radius 3 is 2.41 bits per heavy atom. The third-order valence-corrected chi connectivity index (χ3v) is 2.45. The van der Waals surface area contributed by atoms with Gasteiger partial charge in [0.05, 0.1) is 7.11 Å². The number of ether oxygens (including phenoxy) is 3. The van der Waals surface area contributed by atoms with Gasteiger partial charge in [0.2, 0.25) is 5.76 Å². The van der Waals surface area contributed by atoms with Crippen LogP contribution in [0.4, 0.5) is 0 Å². The lowest BCUT2D eigenvalue weighted by molar-refractivity contribution is -0.135. The predicted octanol–water partition coefficient (Wildman–Crippen LogP) is 3.25. The van der Waals surface area contributed by atoms with Crippen LogP contribution in [0.25, 0.3) is 0 Å². The summed E-state index contributed by atoms with van der Waals surface area (Å²) in [4.78, 5) is 23.2. The standard InChI is InChI=1S/C15H17ClO6/c1-15(2,3)22-14(19)10-7-9(16)5-6-11(10)21-12(8-20-4)13(17)18/h5-8H,1-4H3,(H,17,18). The zero-order valence-corrected chi connectivity index (χ0v) is 13.4. The normalized spacial score (nSPS) is 11.8. The molecule has 0 amide bonds. The highest BCUT2D eigenvalue weighted by Gasteiger charge is 2.23. The number of carbonyl (C=O) groups is 2. The van der Waals surface area contributed by atoms with Gasteiger partial charge in [-0.25, -0.2) is 9.59 Å². The second-order valence-corrected chi connectivity index (χ2v) is 5.70. The predicted molar refractivity (Wildman–Crippen MR) is 80.0 cm³/mol. The highest BCUT2D eigenvalue weighted by molar-refractivity contribution is 6.31. The van der Waals surface area contributed by atoms with Crippen LogP contribution < -0.4 is 4.74 Å². The first-order valence-electron chi connectivity index (χ1n) is 6.31. The van der Waals surface area contributed by atoms with Gasteiger partial charge < -0.3 is 19.3 Å². The second kappa shape index (κ2) is 7.17. The van der Waals surface area contributed by atoms with Gasteiger partial charge >= 0.3 is 11.9 Å². The maximum Gasteiger partial charge on any atom is 0.375 e. The Labute approximate surface area is 133 Å². The molecular formula is C15H17ClO6. The van der Waals surface area contributed by atoms with Crippen LogP contribution in [0.15, 0.2) is 30.2 Å². The third-order valence-electron chi connectivity index (χ3n) is 2.22. The molecule has 22 heavy (non-hydrogen) atoms. The van der Waals surface area contributed by atoms with Gasteiger partial charge in [0.1, 0.15) is 23.2 Å². The van der Waals surface area contributed by atoms with Crippen LogP contribution in [0, 0.1) is 0 Å². The number of carbonyl (C=O) groups excluding carboxylic acids is 1.